The van der Waals surface area contributed by atoms with Crippen LogP contribution in [-0.4, -0.2) is 45.5 Å². The van der Waals surface area contributed by atoms with Gasteiger partial charge >= 0.3 is 0 Å². The van der Waals surface area contributed by atoms with Crippen LogP contribution < -0.4 is 4.90 Å². The van der Waals surface area contributed by atoms with Gasteiger partial charge in [-0.2, -0.15) is 5.10 Å². The van der Waals surface area contributed by atoms with Crippen molar-refractivity contribution in [2.75, 3.05) is 18.6 Å². The molecule has 1 aliphatic carbocycles. The van der Waals surface area contributed by atoms with Crippen LogP contribution in [0.5, 0.6) is 0 Å². The van der Waals surface area contributed by atoms with E-state index in [0.717, 1.165) is 36.1 Å². The molecule has 2 aliphatic rings. The van der Waals surface area contributed by atoms with Crippen LogP contribution in [0, 0.1) is 25.2 Å². The minimum Gasteiger partial charge on any atom is -0.377 e. The number of hydrogen-bond donors (Lipinski definition) is 0. The van der Waals surface area contributed by atoms with Crippen molar-refractivity contribution >= 4 is 5.82 Å². The van der Waals surface area contributed by atoms with Gasteiger partial charge in [-0.15, -0.1) is 0 Å². The van der Waals surface area contributed by atoms with Gasteiger partial charge in [-0.1, -0.05) is 13.8 Å². The lowest BCUT2D eigenvalue weighted by molar-refractivity contribution is -0.101. The van der Waals surface area contributed by atoms with Gasteiger partial charge in [0, 0.05) is 36.7 Å². The molecule has 0 amide bonds. The molecule has 6 nitrogen and oxygen atoms in total. The third kappa shape index (κ3) is 2.16. The van der Waals surface area contributed by atoms with Gasteiger partial charge < -0.3 is 9.64 Å². The summed E-state index contributed by atoms with van der Waals surface area (Å²) < 4.78 is 7.77. The number of nitrogens with zero attached hydrogens (tertiary/aromatic N) is 5. The van der Waals surface area contributed by atoms with Gasteiger partial charge in [-0.05, 0) is 26.3 Å². The van der Waals surface area contributed by atoms with E-state index in [4.69, 9.17) is 9.72 Å². The van der Waals surface area contributed by atoms with Crippen molar-refractivity contribution in [3.63, 3.8) is 0 Å². The molecule has 0 bridgehead atoms. The fourth-order valence-electron chi connectivity index (χ4n) is 4.70. The summed E-state index contributed by atoms with van der Waals surface area (Å²) >= 11 is 0. The number of fused-ring (bicyclic) bond motifs is 1. The lowest BCUT2D eigenvalue weighted by atomic mass is 9.57. The van der Waals surface area contributed by atoms with E-state index in [1.54, 1.807) is 6.20 Å². The van der Waals surface area contributed by atoms with Crippen molar-refractivity contribution in [1.82, 2.24) is 19.7 Å². The van der Waals surface area contributed by atoms with Crippen LogP contribution in [0.3, 0.4) is 0 Å². The summed E-state index contributed by atoms with van der Waals surface area (Å²) in [6, 6.07) is 2.48. The van der Waals surface area contributed by atoms with Crippen molar-refractivity contribution in [3.8, 4) is 5.82 Å². The number of rotatable bonds is 3. The fraction of sp³-hybridized carbons (Fsp3) is 0.611. The monoisotopic (exact) mass is 327 g/mol. The molecule has 1 saturated heterocycles. The van der Waals surface area contributed by atoms with Gasteiger partial charge in [0.15, 0.2) is 5.82 Å². The Balaban J connectivity index is 1.65. The van der Waals surface area contributed by atoms with Crippen LogP contribution in [-0.2, 0) is 4.74 Å². The number of aromatic nitrogens is 4. The Hall–Kier alpha value is -1.95. The van der Waals surface area contributed by atoms with Gasteiger partial charge in [0.1, 0.15) is 5.82 Å². The smallest absolute Gasteiger partial charge is 0.174 e. The van der Waals surface area contributed by atoms with Gasteiger partial charge in [0.05, 0.1) is 24.2 Å². The summed E-state index contributed by atoms with van der Waals surface area (Å²) in [4.78, 5) is 11.5. The Morgan fingerprint density at radius 2 is 2.08 bits per heavy atom. The first-order valence-electron chi connectivity index (χ1n) is 8.59. The molecule has 4 rings (SSSR count). The molecule has 6 heteroatoms. The van der Waals surface area contributed by atoms with Crippen LogP contribution in [0.1, 0.15) is 31.7 Å². The largest absolute Gasteiger partial charge is 0.377 e. The Labute approximate surface area is 142 Å². The molecule has 3 heterocycles. The third-order valence-electron chi connectivity index (χ3n) is 5.65. The topological polar surface area (TPSA) is 56.1 Å². The number of anilines is 1. The molecule has 0 spiro atoms. The van der Waals surface area contributed by atoms with E-state index >= 15 is 0 Å². The summed E-state index contributed by atoms with van der Waals surface area (Å²) in [6.07, 6.45) is 5.11. The predicted molar refractivity (Wildman–Crippen MR) is 92.4 cm³/mol. The van der Waals surface area contributed by atoms with E-state index < -0.39 is 0 Å². The van der Waals surface area contributed by atoms with E-state index in [1.807, 2.05) is 30.8 Å². The van der Waals surface area contributed by atoms with Crippen LogP contribution in [0.2, 0.25) is 0 Å². The molecular weight excluding hydrogens is 302 g/mol. The van der Waals surface area contributed by atoms with E-state index in [9.17, 15) is 0 Å². The zero-order valence-corrected chi connectivity index (χ0v) is 15.0. The third-order valence-corrected chi connectivity index (χ3v) is 5.65. The first-order chi connectivity index (χ1) is 11.4. The standard InChI is InChI=1S/C18H25N5O/c1-11-8-12(2)23(21-11)15-10-19-9-14(20-15)22(5)16-13-6-7-24-17(13)18(16,3)4/h8-10,13,16-17H,6-7H2,1-5H3/t13-,16-,17+/m1/s1. The lowest BCUT2D eigenvalue weighted by Crippen LogP contribution is -2.66. The number of hydrogen-bond acceptors (Lipinski definition) is 5. The molecule has 0 aromatic carbocycles. The number of aryl methyl sites for hydroxylation is 2. The maximum absolute atomic E-state index is 5.92. The molecule has 3 atom stereocenters. The number of ether oxygens (including phenoxy) is 1. The fourth-order valence-corrected chi connectivity index (χ4v) is 4.70. The highest BCUT2D eigenvalue weighted by Crippen LogP contribution is 2.54. The molecule has 1 saturated carbocycles. The van der Waals surface area contributed by atoms with Crippen molar-refractivity contribution in [1.29, 1.82) is 0 Å². The van der Waals surface area contributed by atoms with Crippen molar-refractivity contribution in [3.05, 3.63) is 29.8 Å². The molecule has 0 N–H and O–H groups in total. The average molecular weight is 327 g/mol. The summed E-state index contributed by atoms with van der Waals surface area (Å²) in [5.41, 5.74) is 2.18. The summed E-state index contributed by atoms with van der Waals surface area (Å²) in [5.74, 6) is 2.24. The quantitative estimate of drug-likeness (QED) is 0.867. The predicted octanol–water partition coefficient (Wildman–Crippen LogP) is 2.53. The zero-order chi connectivity index (χ0) is 17.1. The highest BCUT2D eigenvalue weighted by molar-refractivity contribution is 5.43. The van der Waals surface area contributed by atoms with E-state index in [0.29, 0.717) is 18.1 Å². The molecule has 128 valence electrons. The van der Waals surface area contributed by atoms with Gasteiger partial charge in [-0.3, -0.25) is 4.98 Å². The second-order valence-corrected chi connectivity index (χ2v) is 7.70. The van der Waals surface area contributed by atoms with Crippen LogP contribution in [0.4, 0.5) is 5.82 Å². The van der Waals surface area contributed by atoms with Gasteiger partial charge in [-0.25, -0.2) is 9.67 Å². The van der Waals surface area contributed by atoms with Crippen LogP contribution in [0.15, 0.2) is 18.5 Å². The minimum atomic E-state index is 0.131. The molecule has 1 aliphatic heterocycles. The Morgan fingerprint density at radius 3 is 2.79 bits per heavy atom. The molecule has 2 fully saturated rings. The van der Waals surface area contributed by atoms with E-state index in [1.165, 1.54) is 0 Å². The molecule has 0 radical (unpaired) electrons. The summed E-state index contributed by atoms with van der Waals surface area (Å²) in [6.45, 7) is 9.48. The Bertz CT molecular complexity index is 769. The molecule has 2 aromatic rings. The summed E-state index contributed by atoms with van der Waals surface area (Å²) in [7, 11) is 2.12. The first-order valence-corrected chi connectivity index (χ1v) is 8.59. The maximum atomic E-state index is 5.92. The average Bonchev–Trinajstić information content (AvgIpc) is 3.12. The molecule has 0 unspecified atom stereocenters. The maximum Gasteiger partial charge on any atom is 0.174 e. The van der Waals surface area contributed by atoms with Crippen LogP contribution >= 0.6 is 0 Å². The normalized spacial score (nSPS) is 27.6. The second-order valence-electron chi connectivity index (χ2n) is 7.70. The van der Waals surface area contributed by atoms with E-state index in [-0.39, 0.29) is 5.41 Å². The Morgan fingerprint density at radius 1 is 1.29 bits per heavy atom. The molecular formula is C18H25N5O. The lowest BCUT2D eigenvalue weighted by Gasteiger charge is -2.58. The van der Waals surface area contributed by atoms with Crippen molar-refractivity contribution < 1.29 is 4.74 Å². The molecule has 24 heavy (non-hydrogen) atoms. The van der Waals surface area contributed by atoms with Crippen LogP contribution in [0.25, 0.3) is 5.82 Å². The summed E-state index contributed by atoms with van der Waals surface area (Å²) in [5, 5.41) is 4.52. The highest BCUT2D eigenvalue weighted by atomic mass is 16.5. The highest BCUT2D eigenvalue weighted by Gasteiger charge is 2.61. The van der Waals surface area contributed by atoms with E-state index in [2.05, 4.69) is 35.9 Å². The first kappa shape index (κ1) is 15.6. The SMILES string of the molecule is Cc1cc(C)n(-c2cncc(N(C)[C@@H]3[C@H]4CCO[C@@H]4C3(C)C)n2)n1. The minimum absolute atomic E-state index is 0.131. The Kier molecular flexibility index (Phi) is 3.42. The molecule has 2 aromatic heterocycles. The van der Waals surface area contributed by atoms with Crippen molar-refractivity contribution in [2.24, 2.45) is 11.3 Å². The second kappa shape index (κ2) is 5.28. The van der Waals surface area contributed by atoms with Crippen molar-refractivity contribution in [2.45, 2.75) is 46.3 Å². The zero-order valence-electron chi connectivity index (χ0n) is 15.0. The van der Waals surface area contributed by atoms with Gasteiger partial charge in [0.25, 0.3) is 0 Å². The van der Waals surface area contributed by atoms with Gasteiger partial charge in [0.2, 0.25) is 0 Å².